The summed E-state index contributed by atoms with van der Waals surface area (Å²) in [5.41, 5.74) is 2.12. The van der Waals surface area contributed by atoms with Gasteiger partial charge in [-0.3, -0.25) is 14.5 Å². The molecule has 0 radical (unpaired) electrons. The van der Waals surface area contributed by atoms with Crippen molar-refractivity contribution in [3.8, 4) is 0 Å². The number of nitrogens with one attached hydrogen (secondary N) is 2. The third kappa shape index (κ3) is 6.58. The van der Waals surface area contributed by atoms with E-state index in [-0.39, 0.29) is 24.4 Å². The molecule has 29 heavy (non-hydrogen) atoms. The molecule has 5 nitrogen and oxygen atoms in total. The molecule has 3 rings (SSSR count). The van der Waals surface area contributed by atoms with Crippen LogP contribution < -0.4 is 10.6 Å². The number of likely N-dealkylation sites (N-methyl/N-ethyl adjacent to an activating group) is 1. The van der Waals surface area contributed by atoms with Gasteiger partial charge in [-0.05, 0) is 43.7 Å². The summed E-state index contributed by atoms with van der Waals surface area (Å²) in [4.78, 5) is 27.0. The lowest BCUT2D eigenvalue weighted by molar-refractivity contribution is -0.117. The Kier molecular flexibility index (Phi) is 7.67. The first-order valence-electron chi connectivity index (χ1n) is 10.1. The predicted octanol–water partition coefficient (Wildman–Crippen LogP) is 4.47. The largest absolute Gasteiger partial charge is 0.349 e. The van der Waals surface area contributed by atoms with Crippen molar-refractivity contribution in [3.63, 3.8) is 0 Å². The Morgan fingerprint density at radius 1 is 1.07 bits per heavy atom. The van der Waals surface area contributed by atoms with E-state index in [4.69, 9.17) is 11.6 Å². The Balaban J connectivity index is 1.56. The number of benzene rings is 2. The van der Waals surface area contributed by atoms with E-state index in [9.17, 15) is 9.59 Å². The smallest absolute Gasteiger partial charge is 0.253 e. The van der Waals surface area contributed by atoms with Gasteiger partial charge in [0.2, 0.25) is 5.91 Å². The maximum absolute atomic E-state index is 12.6. The lowest BCUT2D eigenvalue weighted by Gasteiger charge is -2.23. The number of halogens is 1. The number of hydrogen-bond donors (Lipinski definition) is 2. The normalized spacial score (nSPS) is 14.6. The molecule has 0 unspecified atom stereocenters. The average Bonchev–Trinajstić information content (AvgIpc) is 2.70. The maximum atomic E-state index is 12.6. The van der Waals surface area contributed by atoms with Crippen LogP contribution in [-0.4, -0.2) is 36.3 Å². The van der Waals surface area contributed by atoms with Gasteiger partial charge in [0.05, 0.1) is 17.1 Å². The van der Waals surface area contributed by atoms with Crippen LogP contribution in [0.3, 0.4) is 0 Å². The summed E-state index contributed by atoms with van der Waals surface area (Å²) in [6.07, 6.45) is 5.53. The van der Waals surface area contributed by atoms with Gasteiger partial charge < -0.3 is 10.6 Å². The molecule has 1 aliphatic carbocycles. The number of nitrogens with zero attached hydrogens (tertiary/aromatic N) is 1. The molecule has 154 valence electrons. The predicted molar refractivity (Wildman–Crippen MR) is 117 cm³/mol. The fourth-order valence-electron chi connectivity index (χ4n) is 3.68. The molecule has 0 bridgehead atoms. The van der Waals surface area contributed by atoms with Gasteiger partial charge in [0.15, 0.2) is 0 Å². The summed E-state index contributed by atoms with van der Waals surface area (Å²) in [5, 5.41) is 6.32. The van der Waals surface area contributed by atoms with Gasteiger partial charge in [0, 0.05) is 18.3 Å². The third-order valence-corrected chi connectivity index (χ3v) is 5.47. The minimum absolute atomic E-state index is 0.135. The molecule has 0 aliphatic heterocycles. The highest BCUT2D eigenvalue weighted by molar-refractivity contribution is 6.34. The van der Waals surface area contributed by atoms with E-state index in [0.717, 1.165) is 31.2 Å². The number of rotatable bonds is 7. The fourth-order valence-corrected chi connectivity index (χ4v) is 3.89. The minimum Gasteiger partial charge on any atom is -0.349 e. The second-order valence-corrected chi connectivity index (χ2v) is 8.12. The standard InChI is InChI=1S/C23H28ClN3O2/c1-27(15-17-8-4-2-5-9-17)16-22(28)25-19-12-13-21(24)20(14-19)23(29)26-18-10-6-3-7-11-18/h2,4-5,8-9,12-14,18H,3,6-7,10-11,15-16H2,1H3,(H,25,28)(H,26,29). The second kappa shape index (κ2) is 10.4. The molecular formula is C23H28ClN3O2. The first-order chi connectivity index (χ1) is 14.0. The summed E-state index contributed by atoms with van der Waals surface area (Å²) in [6.45, 7) is 0.936. The van der Waals surface area contributed by atoms with Crippen molar-refractivity contribution in [1.29, 1.82) is 0 Å². The van der Waals surface area contributed by atoms with Crippen LogP contribution in [0.15, 0.2) is 48.5 Å². The van der Waals surface area contributed by atoms with Crippen molar-refractivity contribution in [2.24, 2.45) is 0 Å². The van der Waals surface area contributed by atoms with Crippen LogP contribution in [0.4, 0.5) is 5.69 Å². The van der Waals surface area contributed by atoms with Crippen molar-refractivity contribution in [1.82, 2.24) is 10.2 Å². The molecule has 1 aliphatic rings. The van der Waals surface area contributed by atoms with Gasteiger partial charge in [0.25, 0.3) is 5.91 Å². The molecule has 0 heterocycles. The van der Waals surface area contributed by atoms with Crippen LogP contribution >= 0.6 is 11.6 Å². The van der Waals surface area contributed by atoms with E-state index < -0.39 is 0 Å². The molecule has 2 aromatic carbocycles. The van der Waals surface area contributed by atoms with Gasteiger partial charge in [-0.15, -0.1) is 0 Å². The summed E-state index contributed by atoms with van der Waals surface area (Å²) >= 11 is 6.24. The molecule has 0 saturated heterocycles. The quantitative estimate of drug-likeness (QED) is 0.703. The molecular weight excluding hydrogens is 386 g/mol. The first kappa shape index (κ1) is 21.3. The first-order valence-corrected chi connectivity index (χ1v) is 10.5. The Hall–Kier alpha value is -2.37. The van der Waals surface area contributed by atoms with E-state index in [2.05, 4.69) is 10.6 Å². The number of amides is 2. The van der Waals surface area contributed by atoms with Crippen LogP contribution in [0.5, 0.6) is 0 Å². The molecule has 1 saturated carbocycles. The Morgan fingerprint density at radius 2 is 1.79 bits per heavy atom. The van der Waals surface area contributed by atoms with Crippen molar-refractivity contribution < 1.29 is 9.59 Å². The van der Waals surface area contributed by atoms with E-state index in [0.29, 0.717) is 22.8 Å². The molecule has 1 fully saturated rings. The fraction of sp³-hybridized carbons (Fsp3) is 0.391. The molecule has 6 heteroatoms. The van der Waals surface area contributed by atoms with Crippen LogP contribution in [0.2, 0.25) is 5.02 Å². The summed E-state index contributed by atoms with van der Waals surface area (Å²) in [6, 6.07) is 15.2. The minimum atomic E-state index is -0.181. The number of carbonyl (C=O) groups excluding carboxylic acids is 2. The zero-order chi connectivity index (χ0) is 20.6. The monoisotopic (exact) mass is 413 g/mol. The number of hydrogen-bond acceptors (Lipinski definition) is 3. The molecule has 0 spiro atoms. The third-order valence-electron chi connectivity index (χ3n) is 5.14. The molecule has 2 aromatic rings. The molecule has 2 N–H and O–H groups in total. The highest BCUT2D eigenvalue weighted by Crippen LogP contribution is 2.23. The zero-order valence-electron chi connectivity index (χ0n) is 16.8. The Labute approximate surface area is 177 Å². The van der Waals surface area contributed by atoms with Gasteiger partial charge in [0.1, 0.15) is 0 Å². The molecule has 2 amide bonds. The van der Waals surface area contributed by atoms with Crippen LogP contribution in [-0.2, 0) is 11.3 Å². The number of anilines is 1. The van der Waals surface area contributed by atoms with Crippen LogP contribution in [0, 0.1) is 0 Å². The summed E-state index contributed by atoms with van der Waals surface area (Å²) in [5.74, 6) is -0.316. The average molecular weight is 414 g/mol. The number of carbonyl (C=O) groups is 2. The molecule has 0 aromatic heterocycles. The lowest BCUT2D eigenvalue weighted by atomic mass is 9.95. The zero-order valence-corrected chi connectivity index (χ0v) is 17.5. The van der Waals surface area contributed by atoms with E-state index in [1.807, 2.05) is 42.3 Å². The van der Waals surface area contributed by atoms with Gasteiger partial charge in [-0.25, -0.2) is 0 Å². The van der Waals surface area contributed by atoms with Gasteiger partial charge in [-0.1, -0.05) is 61.2 Å². The Bertz CT molecular complexity index is 835. The summed E-state index contributed by atoms with van der Waals surface area (Å²) < 4.78 is 0. The van der Waals surface area contributed by atoms with Crippen LogP contribution in [0.25, 0.3) is 0 Å². The lowest BCUT2D eigenvalue weighted by Crippen LogP contribution is -2.36. The van der Waals surface area contributed by atoms with Gasteiger partial charge >= 0.3 is 0 Å². The highest BCUT2D eigenvalue weighted by atomic mass is 35.5. The van der Waals surface area contributed by atoms with Crippen molar-refractivity contribution in [3.05, 3.63) is 64.7 Å². The highest BCUT2D eigenvalue weighted by Gasteiger charge is 2.19. The van der Waals surface area contributed by atoms with Crippen molar-refractivity contribution in [2.75, 3.05) is 18.9 Å². The maximum Gasteiger partial charge on any atom is 0.253 e. The van der Waals surface area contributed by atoms with Crippen molar-refractivity contribution >= 4 is 29.1 Å². The topological polar surface area (TPSA) is 61.4 Å². The van der Waals surface area contributed by atoms with E-state index >= 15 is 0 Å². The SMILES string of the molecule is CN(CC(=O)Nc1ccc(Cl)c(C(=O)NC2CCCCC2)c1)Cc1ccccc1. The van der Waals surface area contributed by atoms with E-state index in [1.165, 1.54) is 6.42 Å². The van der Waals surface area contributed by atoms with Crippen LogP contribution in [0.1, 0.15) is 48.0 Å². The van der Waals surface area contributed by atoms with E-state index in [1.54, 1.807) is 18.2 Å². The van der Waals surface area contributed by atoms with Gasteiger partial charge in [-0.2, -0.15) is 0 Å². The summed E-state index contributed by atoms with van der Waals surface area (Å²) in [7, 11) is 1.90. The second-order valence-electron chi connectivity index (χ2n) is 7.71. The molecule has 0 atom stereocenters. The van der Waals surface area contributed by atoms with Crippen molar-refractivity contribution in [2.45, 2.75) is 44.7 Å². The Morgan fingerprint density at radius 3 is 2.52 bits per heavy atom.